The second-order valence-electron chi connectivity index (χ2n) is 5.18. The van der Waals surface area contributed by atoms with Crippen LogP contribution < -0.4 is 10.2 Å². The van der Waals surface area contributed by atoms with Crippen molar-refractivity contribution in [3.8, 4) is 0 Å². The highest BCUT2D eigenvalue weighted by molar-refractivity contribution is 6.30. The van der Waals surface area contributed by atoms with Gasteiger partial charge in [0.1, 0.15) is 5.82 Å². The van der Waals surface area contributed by atoms with E-state index in [0.717, 1.165) is 42.3 Å². The number of pyridine rings is 1. The van der Waals surface area contributed by atoms with Crippen molar-refractivity contribution in [2.75, 3.05) is 24.3 Å². The van der Waals surface area contributed by atoms with Gasteiger partial charge in [0, 0.05) is 26.7 Å². The number of H-pyrrole nitrogens is 1. The summed E-state index contributed by atoms with van der Waals surface area (Å²) in [6.45, 7) is 2.77. The molecule has 0 aliphatic rings. The van der Waals surface area contributed by atoms with Crippen molar-refractivity contribution < 1.29 is 0 Å². The van der Waals surface area contributed by atoms with E-state index >= 15 is 0 Å². The molecule has 0 aliphatic carbocycles. The Morgan fingerprint density at radius 3 is 2.90 bits per heavy atom. The third-order valence-electron chi connectivity index (χ3n) is 3.21. The number of aromatic amines is 1. The predicted octanol–water partition coefficient (Wildman–Crippen LogP) is 3.48. The predicted molar refractivity (Wildman–Crippen MR) is 88.1 cm³/mol. The minimum atomic E-state index is 0.545. The van der Waals surface area contributed by atoms with Gasteiger partial charge in [0.15, 0.2) is 11.0 Å². The van der Waals surface area contributed by atoms with Crippen LogP contribution in [-0.2, 0) is 13.0 Å². The monoisotopic (exact) mass is 307 g/mol. The number of rotatable bonds is 7. The number of hydrogen-bond acceptors (Lipinski definition) is 4. The van der Waals surface area contributed by atoms with E-state index in [2.05, 4.69) is 27.2 Å². The van der Waals surface area contributed by atoms with Gasteiger partial charge >= 0.3 is 0 Å². The molecule has 21 heavy (non-hydrogen) atoms. The number of hydrogen-bond donors (Lipinski definition) is 2. The number of aromatic nitrogens is 3. The third-order valence-corrected chi connectivity index (χ3v) is 3.52. The summed E-state index contributed by atoms with van der Waals surface area (Å²) in [6.07, 6.45) is 4.98. The van der Waals surface area contributed by atoms with Crippen LogP contribution in [-0.4, -0.2) is 29.0 Å². The van der Waals surface area contributed by atoms with E-state index < -0.39 is 0 Å². The molecule has 0 atom stereocenters. The summed E-state index contributed by atoms with van der Waals surface area (Å²) in [4.78, 5) is 14.0. The zero-order chi connectivity index (χ0) is 15.2. The molecule has 0 unspecified atom stereocenters. The van der Waals surface area contributed by atoms with Gasteiger partial charge in [0.2, 0.25) is 0 Å². The van der Waals surface area contributed by atoms with Gasteiger partial charge in [-0.05, 0) is 18.6 Å². The van der Waals surface area contributed by atoms with Gasteiger partial charge in [-0.15, -0.1) is 0 Å². The van der Waals surface area contributed by atoms with E-state index in [9.17, 15) is 0 Å². The summed E-state index contributed by atoms with van der Waals surface area (Å²) in [5.41, 5.74) is 1.89. The molecule has 0 aliphatic heterocycles. The van der Waals surface area contributed by atoms with Crippen LogP contribution in [0, 0.1) is 0 Å². The number of anilines is 2. The maximum atomic E-state index is 6.18. The van der Waals surface area contributed by atoms with Gasteiger partial charge in [0.05, 0.1) is 17.9 Å². The van der Waals surface area contributed by atoms with Crippen LogP contribution in [0.1, 0.15) is 31.3 Å². The molecule has 0 saturated heterocycles. The molecule has 2 rings (SSSR count). The Balaban J connectivity index is 2.05. The van der Waals surface area contributed by atoms with Gasteiger partial charge < -0.3 is 15.2 Å². The number of imidazole rings is 1. The average Bonchev–Trinajstić information content (AvgIpc) is 2.83. The molecular formula is C15H22ClN5. The average molecular weight is 308 g/mol. The summed E-state index contributed by atoms with van der Waals surface area (Å²) in [6, 6.07) is 3.92. The lowest BCUT2D eigenvalue weighted by atomic mass is 10.2. The van der Waals surface area contributed by atoms with Crippen molar-refractivity contribution in [1.29, 1.82) is 0 Å². The molecule has 0 aromatic carbocycles. The lowest BCUT2D eigenvalue weighted by molar-refractivity contribution is 0.760. The van der Waals surface area contributed by atoms with Crippen LogP contribution in [0.15, 0.2) is 18.3 Å². The van der Waals surface area contributed by atoms with E-state index in [4.69, 9.17) is 11.6 Å². The molecule has 0 bridgehead atoms. The Kier molecular flexibility index (Phi) is 5.44. The maximum absolute atomic E-state index is 6.18. The van der Waals surface area contributed by atoms with Crippen molar-refractivity contribution in [2.45, 2.75) is 32.7 Å². The first-order valence-corrected chi connectivity index (χ1v) is 7.59. The van der Waals surface area contributed by atoms with Gasteiger partial charge in [-0.1, -0.05) is 24.9 Å². The Hall–Kier alpha value is -1.75. The molecule has 0 amide bonds. The van der Waals surface area contributed by atoms with Crippen molar-refractivity contribution in [3.05, 3.63) is 35.0 Å². The molecular weight excluding hydrogens is 286 g/mol. The van der Waals surface area contributed by atoms with Crippen LogP contribution in [0.5, 0.6) is 0 Å². The minimum absolute atomic E-state index is 0.545. The summed E-state index contributed by atoms with van der Waals surface area (Å²) in [5, 5.41) is 3.91. The standard InChI is InChI=1S/C15H22ClN5/c1-4-5-8-13-19-12(14(16)20-13)10-18-11-7-6-9-17-15(11)21(2)3/h6-7,9,18H,4-5,8,10H2,1-3H3,(H,19,20). The highest BCUT2D eigenvalue weighted by Gasteiger charge is 2.10. The molecule has 6 heteroatoms. The number of unbranched alkanes of at least 4 members (excludes halogenated alkanes) is 1. The highest BCUT2D eigenvalue weighted by atomic mass is 35.5. The fourth-order valence-corrected chi connectivity index (χ4v) is 2.31. The minimum Gasteiger partial charge on any atom is -0.376 e. The Morgan fingerprint density at radius 2 is 2.19 bits per heavy atom. The zero-order valence-electron chi connectivity index (χ0n) is 12.8. The van der Waals surface area contributed by atoms with Crippen molar-refractivity contribution in [1.82, 2.24) is 15.0 Å². The smallest absolute Gasteiger partial charge is 0.152 e. The largest absolute Gasteiger partial charge is 0.376 e. The van der Waals surface area contributed by atoms with Crippen LogP contribution in [0.3, 0.4) is 0 Å². The first-order valence-electron chi connectivity index (χ1n) is 7.21. The van der Waals surface area contributed by atoms with Crippen LogP contribution in [0.4, 0.5) is 11.5 Å². The number of aryl methyl sites for hydroxylation is 1. The maximum Gasteiger partial charge on any atom is 0.152 e. The first kappa shape index (κ1) is 15.6. The van der Waals surface area contributed by atoms with Gasteiger partial charge in [0.25, 0.3) is 0 Å². The second kappa shape index (κ2) is 7.31. The molecule has 114 valence electrons. The molecule has 0 radical (unpaired) electrons. The van der Waals surface area contributed by atoms with E-state index in [1.54, 1.807) is 6.20 Å². The van der Waals surface area contributed by atoms with Crippen molar-refractivity contribution >= 4 is 23.1 Å². The number of nitrogens with one attached hydrogen (secondary N) is 2. The Morgan fingerprint density at radius 1 is 1.38 bits per heavy atom. The van der Waals surface area contributed by atoms with Crippen molar-refractivity contribution in [2.24, 2.45) is 0 Å². The summed E-state index contributed by atoms with van der Waals surface area (Å²) in [7, 11) is 3.94. The van der Waals surface area contributed by atoms with Gasteiger partial charge in [-0.3, -0.25) is 0 Å². The lowest BCUT2D eigenvalue weighted by Crippen LogP contribution is -2.14. The van der Waals surface area contributed by atoms with Crippen LogP contribution in [0.2, 0.25) is 5.15 Å². The highest BCUT2D eigenvalue weighted by Crippen LogP contribution is 2.22. The third kappa shape index (κ3) is 4.11. The number of nitrogens with zero attached hydrogens (tertiary/aromatic N) is 3. The molecule has 2 N–H and O–H groups in total. The van der Waals surface area contributed by atoms with Crippen LogP contribution >= 0.6 is 11.6 Å². The summed E-state index contributed by atoms with van der Waals surface area (Å²) in [5.74, 6) is 1.86. The molecule has 2 heterocycles. The van der Waals surface area contributed by atoms with E-state index in [-0.39, 0.29) is 0 Å². The second-order valence-corrected chi connectivity index (χ2v) is 5.54. The SMILES string of the molecule is CCCCc1nc(Cl)c(CNc2cccnc2N(C)C)[nH]1. The molecule has 0 fully saturated rings. The molecule has 0 spiro atoms. The zero-order valence-corrected chi connectivity index (χ0v) is 13.5. The quantitative estimate of drug-likeness (QED) is 0.822. The summed E-state index contributed by atoms with van der Waals surface area (Å²) >= 11 is 6.18. The van der Waals surface area contributed by atoms with Gasteiger partial charge in [-0.25, -0.2) is 9.97 Å². The van der Waals surface area contributed by atoms with E-state index in [0.29, 0.717) is 11.7 Å². The van der Waals surface area contributed by atoms with E-state index in [1.807, 2.05) is 31.1 Å². The van der Waals surface area contributed by atoms with E-state index in [1.165, 1.54) is 0 Å². The van der Waals surface area contributed by atoms with Crippen molar-refractivity contribution in [3.63, 3.8) is 0 Å². The number of halogens is 1. The molecule has 2 aromatic heterocycles. The summed E-state index contributed by atoms with van der Waals surface area (Å²) < 4.78 is 0. The fourth-order valence-electron chi connectivity index (χ4n) is 2.09. The lowest BCUT2D eigenvalue weighted by Gasteiger charge is -2.16. The Bertz CT molecular complexity index is 579. The molecule has 5 nitrogen and oxygen atoms in total. The topological polar surface area (TPSA) is 56.8 Å². The molecule has 2 aromatic rings. The van der Waals surface area contributed by atoms with Gasteiger partial charge in [-0.2, -0.15) is 0 Å². The molecule has 0 saturated carbocycles. The first-order chi connectivity index (χ1) is 10.1. The fraction of sp³-hybridized carbons (Fsp3) is 0.467. The van der Waals surface area contributed by atoms with Crippen LogP contribution in [0.25, 0.3) is 0 Å². The normalized spacial score (nSPS) is 10.7. The Labute approximate surface area is 130 Å².